The Morgan fingerprint density at radius 3 is 2.64 bits per heavy atom. The van der Waals surface area contributed by atoms with Crippen LogP contribution in [0.1, 0.15) is 5.56 Å². The van der Waals surface area contributed by atoms with Crippen molar-refractivity contribution in [2.45, 2.75) is 6.54 Å². The number of hydrogen-bond donors (Lipinski definition) is 2. The van der Waals surface area contributed by atoms with Gasteiger partial charge in [0.2, 0.25) is 0 Å². The van der Waals surface area contributed by atoms with Crippen molar-refractivity contribution < 1.29 is 4.39 Å². The Labute approximate surface area is 93.5 Å². The molecule has 2 rings (SSSR count). The van der Waals surface area contributed by atoms with Crippen LogP contribution in [0, 0.1) is 5.82 Å². The number of H-pyrrole nitrogens is 1. The second-order valence-corrected chi connectivity index (χ2v) is 2.71. The van der Waals surface area contributed by atoms with Crippen LogP contribution in [0.4, 0.5) is 4.39 Å². The SMILES string of the molecule is Cl.Cl.NCc1c[nH]c2ccc(F)cc12. The minimum absolute atomic E-state index is 0. The molecule has 0 aliphatic carbocycles. The van der Waals surface area contributed by atoms with Crippen LogP contribution in [0.2, 0.25) is 0 Å². The van der Waals surface area contributed by atoms with Crippen molar-refractivity contribution in [1.82, 2.24) is 4.98 Å². The largest absolute Gasteiger partial charge is 0.361 e. The Morgan fingerprint density at radius 2 is 2.00 bits per heavy atom. The molecular weight excluding hydrogens is 226 g/mol. The summed E-state index contributed by atoms with van der Waals surface area (Å²) in [6.45, 7) is 0.434. The van der Waals surface area contributed by atoms with E-state index in [1.54, 1.807) is 6.07 Å². The first-order valence-corrected chi connectivity index (χ1v) is 3.77. The van der Waals surface area contributed by atoms with Crippen LogP contribution < -0.4 is 5.73 Å². The Kier molecular flexibility index (Phi) is 4.91. The first-order chi connectivity index (χ1) is 5.81. The van der Waals surface area contributed by atoms with Gasteiger partial charge in [-0.25, -0.2) is 4.39 Å². The van der Waals surface area contributed by atoms with Crippen LogP contribution in [-0.2, 0) is 6.54 Å². The van der Waals surface area contributed by atoms with Crippen LogP contribution in [0.3, 0.4) is 0 Å². The highest BCUT2D eigenvalue weighted by molar-refractivity contribution is 5.85. The van der Waals surface area contributed by atoms with Crippen molar-refractivity contribution in [3.05, 3.63) is 35.8 Å². The van der Waals surface area contributed by atoms with E-state index in [2.05, 4.69) is 4.98 Å². The smallest absolute Gasteiger partial charge is 0.123 e. The highest BCUT2D eigenvalue weighted by Gasteiger charge is 2.01. The predicted molar refractivity (Wildman–Crippen MR) is 60.6 cm³/mol. The van der Waals surface area contributed by atoms with Gasteiger partial charge in [-0.15, -0.1) is 24.8 Å². The van der Waals surface area contributed by atoms with E-state index in [0.29, 0.717) is 6.54 Å². The molecule has 0 aliphatic rings. The second kappa shape index (κ2) is 5.20. The Hall–Kier alpha value is -0.770. The molecule has 0 saturated heterocycles. The van der Waals surface area contributed by atoms with Crippen LogP contribution in [-0.4, -0.2) is 4.98 Å². The molecule has 0 unspecified atom stereocenters. The lowest BCUT2D eigenvalue weighted by Gasteiger charge is -1.93. The van der Waals surface area contributed by atoms with E-state index >= 15 is 0 Å². The predicted octanol–water partition coefficient (Wildman–Crippen LogP) is 2.61. The van der Waals surface area contributed by atoms with Crippen molar-refractivity contribution in [3.63, 3.8) is 0 Å². The van der Waals surface area contributed by atoms with Crippen molar-refractivity contribution in [2.75, 3.05) is 0 Å². The molecule has 1 heterocycles. The lowest BCUT2D eigenvalue weighted by molar-refractivity contribution is 0.629. The maximum atomic E-state index is 12.8. The molecule has 0 aliphatic heterocycles. The summed E-state index contributed by atoms with van der Waals surface area (Å²) in [4.78, 5) is 3.02. The summed E-state index contributed by atoms with van der Waals surface area (Å²) in [6.07, 6.45) is 1.81. The first kappa shape index (κ1) is 13.2. The molecule has 78 valence electrons. The molecule has 1 aromatic carbocycles. The summed E-state index contributed by atoms with van der Waals surface area (Å²) >= 11 is 0. The Bertz CT molecular complexity index is 414. The molecule has 2 aromatic rings. The van der Waals surface area contributed by atoms with Crippen molar-refractivity contribution in [1.29, 1.82) is 0 Å². The monoisotopic (exact) mass is 236 g/mol. The number of hydrogen-bond acceptors (Lipinski definition) is 1. The third-order valence-corrected chi connectivity index (χ3v) is 1.95. The number of benzene rings is 1. The van der Waals surface area contributed by atoms with Gasteiger partial charge in [-0.1, -0.05) is 0 Å². The van der Waals surface area contributed by atoms with Crippen LogP contribution in [0.5, 0.6) is 0 Å². The van der Waals surface area contributed by atoms with Gasteiger partial charge in [0.1, 0.15) is 5.82 Å². The van der Waals surface area contributed by atoms with Crippen molar-refractivity contribution in [2.24, 2.45) is 5.73 Å². The van der Waals surface area contributed by atoms with Crippen LogP contribution in [0.25, 0.3) is 10.9 Å². The molecule has 0 spiro atoms. The van der Waals surface area contributed by atoms with Gasteiger partial charge < -0.3 is 10.7 Å². The number of halogens is 3. The van der Waals surface area contributed by atoms with Crippen LogP contribution in [0.15, 0.2) is 24.4 Å². The minimum atomic E-state index is -0.225. The van der Waals surface area contributed by atoms with Crippen molar-refractivity contribution >= 4 is 35.7 Å². The summed E-state index contributed by atoms with van der Waals surface area (Å²) in [5, 5.41) is 0.873. The second-order valence-electron chi connectivity index (χ2n) is 2.71. The molecule has 0 atom stereocenters. The van der Waals surface area contributed by atoms with Gasteiger partial charge in [0.25, 0.3) is 0 Å². The van der Waals surface area contributed by atoms with E-state index in [9.17, 15) is 4.39 Å². The highest BCUT2D eigenvalue weighted by atomic mass is 35.5. The van der Waals surface area contributed by atoms with Gasteiger partial charge in [-0.3, -0.25) is 0 Å². The quantitative estimate of drug-likeness (QED) is 0.786. The molecule has 0 radical (unpaired) electrons. The molecule has 14 heavy (non-hydrogen) atoms. The Balaban J connectivity index is 0.000000845. The maximum Gasteiger partial charge on any atom is 0.123 e. The molecule has 5 heteroatoms. The zero-order chi connectivity index (χ0) is 8.55. The van der Waals surface area contributed by atoms with E-state index in [1.165, 1.54) is 12.1 Å². The van der Waals surface area contributed by atoms with Crippen LogP contribution >= 0.6 is 24.8 Å². The van der Waals surface area contributed by atoms with E-state index in [0.717, 1.165) is 16.5 Å². The van der Waals surface area contributed by atoms with E-state index in [1.807, 2.05) is 6.20 Å². The molecule has 1 aromatic heterocycles. The van der Waals surface area contributed by atoms with Gasteiger partial charge in [0.15, 0.2) is 0 Å². The molecule has 0 fully saturated rings. The standard InChI is InChI=1S/C9H9FN2.2ClH/c10-7-1-2-9-8(3-7)6(4-11)5-12-9;;/h1-3,5,12H,4,11H2;2*1H. The average Bonchev–Trinajstić information content (AvgIpc) is 2.46. The molecule has 2 nitrogen and oxygen atoms in total. The molecule has 0 amide bonds. The fourth-order valence-corrected chi connectivity index (χ4v) is 1.32. The topological polar surface area (TPSA) is 41.8 Å². The van der Waals surface area contributed by atoms with E-state index < -0.39 is 0 Å². The normalized spacial score (nSPS) is 9.29. The van der Waals surface area contributed by atoms with Crippen molar-refractivity contribution in [3.8, 4) is 0 Å². The van der Waals surface area contributed by atoms with Gasteiger partial charge in [-0.05, 0) is 23.8 Å². The van der Waals surface area contributed by atoms with Gasteiger partial charge >= 0.3 is 0 Å². The summed E-state index contributed by atoms with van der Waals surface area (Å²) < 4.78 is 12.8. The Morgan fingerprint density at radius 1 is 1.29 bits per heavy atom. The highest BCUT2D eigenvalue weighted by Crippen LogP contribution is 2.18. The van der Waals surface area contributed by atoms with Gasteiger partial charge in [-0.2, -0.15) is 0 Å². The molecule has 0 bridgehead atoms. The minimum Gasteiger partial charge on any atom is -0.361 e. The van der Waals surface area contributed by atoms with E-state index in [-0.39, 0.29) is 30.6 Å². The molecule has 3 N–H and O–H groups in total. The van der Waals surface area contributed by atoms with Gasteiger partial charge in [0.05, 0.1) is 0 Å². The number of aromatic amines is 1. The summed E-state index contributed by atoms with van der Waals surface area (Å²) in [5.41, 5.74) is 7.34. The lowest BCUT2D eigenvalue weighted by atomic mass is 10.2. The molecule has 0 saturated carbocycles. The zero-order valence-electron chi connectivity index (χ0n) is 7.29. The molecular formula is C9H11Cl2FN2. The lowest BCUT2D eigenvalue weighted by Crippen LogP contribution is -1.94. The summed E-state index contributed by atoms with van der Waals surface area (Å²) in [5.74, 6) is -0.225. The summed E-state index contributed by atoms with van der Waals surface area (Å²) in [7, 11) is 0. The number of nitrogens with two attached hydrogens (primary N) is 1. The van der Waals surface area contributed by atoms with Gasteiger partial charge in [0, 0.05) is 23.6 Å². The summed E-state index contributed by atoms with van der Waals surface area (Å²) in [6, 6.07) is 4.64. The number of aromatic nitrogens is 1. The first-order valence-electron chi connectivity index (χ1n) is 3.77. The average molecular weight is 237 g/mol. The third-order valence-electron chi connectivity index (χ3n) is 1.95. The zero-order valence-corrected chi connectivity index (χ0v) is 8.92. The third kappa shape index (κ3) is 2.18. The number of fused-ring (bicyclic) bond motifs is 1. The fraction of sp³-hybridized carbons (Fsp3) is 0.111. The number of rotatable bonds is 1. The maximum absolute atomic E-state index is 12.8. The van der Waals surface area contributed by atoms with E-state index in [4.69, 9.17) is 5.73 Å². The number of nitrogens with one attached hydrogen (secondary N) is 1. The fourth-order valence-electron chi connectivity index (χ4n) is 1.32.